The van der Waals surface area contributed by atoms with E-state index in [-0.39, 0.29) is 24.0 Å². The number of benzene rings is 1. The molecule has 0 spiro atoms. The number of halogens is 1. The summed E-state index contributed by atoms with van der Waals surface area (Å²) in [6.07, 6.45) is 3.65. The van der Waals surface area contributed by atoms with Crippen molar-refractivity contribution in [2.45, 2.75) is 39.7 Å². The van der Waals surface area contributed by atoms with E-state index < -0.39 is 0 Å². The molecule has 0 saturated carbocycles. The van der Waals surface area contributed by atoms with Crippen LogP contribution in [0.25, 0.3) is 0 Å². The molecule has 0 aromatic heterocycles. The van der Waals surface area contributed by atoms with E-state index in [1.807, 2.05) is 0 Å². The van der Waals surface area contributed by atoms with E-state index in [1.54, 1.807) is 0 Å². The molecule has 0 atom stereocenters. The third-order valence-corrected chi connectivity index (χ3v) is 3.64. The fourth-order valence-electron chi connectivity index (χ4n) is 2.57. The molecule has 1 N–H and O–H groups in total. The van der Waals surface area contributed by atoms with Gasteiger partial charge in [0.15, 0.2) is 5.96 Å². The van der Waals surface area contributed by atoms with E-state index >= 15 is 0 Å². The van der Waals surface area contributed by atoms with Crippen LogP contribution in [0.2, 0.25) is 0 Å². The largest absolute Gasteiger partial charge is 0.357 e. The molecule has 1 aliphatic heterocycles. The van der Waals surface area contributed by atoms with Gasteiger partial charge < -0.3 is 10.2 Å². The zero-order valence-electron chi connectivity index (χ0n) is 12.6. The predicted molar refractivity (Wildman–Crippen MR) is 96.9 cm³/mol. The van der Waals surface area contributed by atoms with Crippen LogP contribution in [-0.2, 0) is 13.0 Å². The maximum atomic E-state index is 4.81. The summed E-state index contributed by atoms with van der Waals surface area (Å²) in [6, 6.07) is 8.61. The lowest BCUT2D eigenvalue weighted by Crippen LogP contribution is -2.39. The van der Waals surface area contributed by atoms with E-state index in [4.69, 9.17) is 4.99 Å². The lowest BCUT2D eigenvalue weighted by Gasteiger charge is -2.20. The van der Waals surface area contributed by atoms with Gasteiger partial charge in [-0.15, -0.1) is 24.0 Å². The highest BCUT2D eigenvalue weighted by atomic mass is 127. The molecule has 2 rings (SSSR count). The summed E-state index contributed by atoms with van der Waals surface area (Å²) in [5.74, 6) is 1.07. The maximum absolute atomic E-state index is 4.81. The minimum atomic E-state index is 0. The van der Waals surface area contributed by atoms with Crippen LogP contribution in [0.5, 0.6) is 0 Å². The van der Waals surface area contributed by atoms with Crippen LogP contribution in [0, 0.1) is 0 Å². The Labute approximate surface area is 139 Å². The third kappa shape index (κ3) is 4.65. The number of likely N-dealkylation sites (tertiary alicyclic amines) is 1. The first kappa shape index (κ1) is 17.3. The minimum Gasteiger partial charge on any atom is -0.357 e. The van der Waals surface area contributed by atoms with Gasteiger partial charge in [0.05, 0.1) is 6.54 Å². The molecular formula is C16H26IN3. The number of guanidine groups is 1. The smallest absolute Gasteiger partial charge is 0.194 e. The van der Waals surface area contributed by atoms with Crippen molar-refractivity contribution in [3.63, 3.8) is 0 Å². The second-order valence-corrected chi connectivity index (χ2v) is 4.99. The van der Waals surface area contributed by atoms with E-state index in [0.717, 1.165) is 38.6 Å². The SMILES string of the molecule is CCNC(=NCc1ccccc1CC)N1CCCC1.I. The Morgan fingerprint density at radius 2 is 1.80 bits per heavy atom. The van der Waals surface area contributed by atoms with Gasteiger partial charge >= 0.3 is 0 Å². The zero-order chi connectivity index (χ0) is 13.5. The Kier molecular flexibility index (Phi) is 7.95. The predicted octanol–water partition coefficient (Wildman–Crippen LogP) is 3.43. The van der Waals surface area contributed by atoms with Crippen LogP contribution in [0.3, 0.4) is 0 Å². The topological polar surface area (TPSA) is 27.6 Å². The number of hydrogen-bond donors (Lipinski definition) is 1. The van der Waals surface area contributed by atoms with Crippen molar-refractivity contribution in [3.05, 3.63) is 35.4 Å². The molecule has 112 valence electrons. The maximum Gasteiger partial charge on any atom is 0.194 e. The first-order chi connectivity index (χ1) is 9.35. The molecule has 1 saturated heterocycles. The fraction of sp³-hybridized carbons (Fsp3) is 0.562. The Morgan fingerprint density at radius 3 is 2.40 bits per heavy atom. The van der Waals surface area contributed by atoms with Crippen molar-refractivity contribution in [3.8, 4) is 0 Å². The fourth-order valence-corrected chi connectivity index (χ4v) is 2.57. The Hall–Kier alpha value is -0.780. The van der Waals surface area contributed by atoms with Gasteiger partial charge in [0.25, 0.3) is 0 Å². The van der Waals surface area contributed by atoms with Crippen LogP contribution in [0.1, 0.15) is 37.8 Å². The van der Waals surface area contributed by atoms with Gasteiger partial charge in [0.1, 0.15) is 0 Å². The van der Waals surface area contributed by atoms with Gasteiger partial charge in [0, 0.05) is 19.6 Å². The first-order valence-electron chi connectivity index (χ1n) is 7.45. The molecule has 1 fully saturated rings. The molecule has 0 bridgehead atoms. The van der Waals surface area contributed by atoms with Gasteiger partial charge in [-0.2, -0.15) is 0 Å². The van der Waals surface area contributed by atoms with E-state index in [9.17, 15) is 0 Å². The summed E-state index contributed by atoms with van der Waals surface area (Å²) in [5.41, 5.74) is 2.75. The number of aryl methyl sites for hydroxylation is 1. The van der Waals surface area contributed by atoms with Gasteiger partial charge in [-0.1, -0.05) is 31.2 Å². The lowest BCUT2D eigenvalue weighted by molar-refractivity contribution is 0.493. The van der Waals surface area contributed by atoms with Gasteiger partial charge in [-0.25, -0.2) is 4.99 Å². The average molecular weight is 387 g/mol. The number of rotatable bonds is 4. The Morgan fingerprint density at radius 1 is 1.15 bits per heavy atom. The second kappa shape index (κ2) is 9.21. The summed E-state index contributed by atoms with van der Waals surface area (Å²) in [4.78, 5) is 7.18. The first-order valence-corrected chi connectivity index (χ1v) is 7.45. The molecule has 1 aromatic carbocycles. The van der Waals surface area contributed by atoms with Crippen LogP contribution < -0.4 is 5.32 Å². The second-order valence-electron chi connectivity index (χ2n) is 4.99. The van der Waals surface area contributed by atoms with Crippen LogP contribution >= 0.6 is 24.0 Å². The molecule has 1 heterocycles. The third-order valence-electron chi connectivity index (χ3n) is 3.64. The molecule has 0 unspecified atom stereocenters. The minimum absolute atomic E-state index is 0. The molecule has 0 radical (unpaired) electrons. The van der Waals surface area contributed by atoms with Gasteiger partial charge in [-0.05, 0) is 37.3 Å². The summed E-state index contributed by atoms with van der Waals surface area (Å²) in [5, 5.41) is 3.41. The molecule has 1 aliphatic rings. The summed E-state index contributed by atoms with van der Waals surface area (Å²) in [7, 11) is 0. The van der Waals surface area contributed by atoms with Crippen LogP contribution in [0.15, 0.2) is 29.3 Å². The van der Waals surface area contributed by atoms with Crippen LogP contribution in [0.4, 0.5) is 0 Å². The molecule has 20 heavy (non-hydrogen) atoms. The average Bonchev–Trinajstić information content (AvgIpc) is 2.97. The van der Waals surface area contributed by atoms with Crippen molar-refractivity contribution >= 4 is 29.9 Å². The van der Waals surface area contributed by atoms with E-state index in [1.165, 1.54) is 24.0 Å². The molecule has 4 heteroatoms. The number of nitrogens with zero attached hydrogens (tertiary/aromatic N) is 2. The highest BCUT2D eigenvalue weighted by Gasteiger charge is 2.15. The summed E-state index contributed by atoms with van der Waals surface area (Å²) >= 11 is 0. The highest BCUT2D eigenvalue weighted by molar-refractivity contribution is 14.0. The number of aliphatic imine (C=N–C) groups is 1. The van der Waals surface area contributed by atoms with E-state index in [0.29, 0.717) is 0 Å². The summed E-state index contributed by atoms with van der Waals surface area (Å²) in [6.45, 7) is 8.33. The van der Waals surface area contributed by atoms with Crippen molar-refractivity contribution in [2.24, 2.45) is 4.99 Å². The van der Waals surface area contributed by atoms with Crippen molar-refractivity contribution in [1.82, 2.24) is 10.2 Å². The van der Waals surface area contributed by atoms with Gasteiger partial charge in [0.2, 0.25) is 0 Å². The quantitative estimate of drug-likeness (QED) is 0.487. The lowest BCUT2D eigenvalue weighted by atomic mass is 10.1. The summed E-state index contributed by atoms with van der Waals surface area (Å²) < 4.78 is 0. The molecular weight excluding hydrogens is 361 g/mol. The van der Waals surface area contributed by atoms with Crippen molar-refractivity contribution < 1.29 is 0 Å². The Balaban J connectivity index is 0.00000200. The molecule has 1 aromatic rings. The normalized spacial score (nSPS) is 15.1. The standard InChI is InChI=1S/C16H25N3.HI/c1-3-14-9-5-6-10-15(14)13-18-16(17-4-2)19-11-7-8-12-19;/h5-6,9-10H,3-4,7-8,11-13H2,1-2H3,(H,17,18);1H. The zero-order valence-corrected chi connectivity index (χ0v) is 14.9. The molecule has 0 aliphatic carbocycles. The highest BCUT2D eigenvalue weighted by Crippen LogP contribution is 2.12. The monoisotopic (exact) mass is 387 g/mol. The molecule has 0 amide bonds. The van der Waals surface area contributed by atoms with Crippen LogP contribution in [-0.4, -0.2) is 30.5 Å². The number of hydrogen-bond acceptors (Lipinski definition) is 1. The molecule has 3 nitrogen and oxygen atoms in total. The van der Waals surface area contributed by atoms with E-state index in [2.05, 4.69) is 48.3 Å². The van der Waals surface area contributed by atoms with Crippen molar-refractivity contribution in [2.75, 3.05) is 19.6 Å². The van der Waals surface area contributed by atoms with Crippen molar-refractivity contribution in [1.29, 1.82) is 0 Å². The Bertz CT molecular complexity index is 425. The van der Waals surface area contributed by atoms with Gasteiger partial charge in [-0.3, -0.25) is 0 Å². The number of nitrogens with one attached hydrogen (secondary N) is 1.